The lowest BCUT2D eigenvalue weighted by Gasteiger charge is -2.34. The Hall–Kier alpha value is -1.79. The van der Waals surface area contributed by atoms with Gasteiger partial charge in [-0.25, -0.2) is 4.79 Å². The van der Waals surface area contributed by atoms with Gasteiger partial charge in [0.05, 0.1) is 5.92 Å². The number of rotatable bonds is 4. The molecule has 2 unspecified atom stereocenters. The van der Waals surface area contributed by atoms with Crippen molar-refractivity contribution in [3.8, 4) is 0 Å². The van der Waals surface area contributed by atoms with E-state index in [9.17, 15) is 14.4 Å². The molecule has 0 aromatic carbocycles. The van der Waals surface area contributed by atoms with Crippen molar-refractivity contribution in [3.63, 3.8) is 0 Å². The fraction of sp³-hybridized carbons (Fsp3) is 0.786. The molecular weight excluding hydrogens is 274 g/mol. The molecule has 1 heterocycles. The third-order valence-electron chi connectivity index (χ3n) is 4.66. The van der Waals surface area contributed by atoms with Gasteiger partial charge >= 0.3 is 12.0 Å². The quantitative estimate of drug-likeness (QED) is 0.794. The van der Waals surface area contributed by atoms with Crippen LogP contribution < -0.4 is 5.73 Å². The van der Waals surface area contributed by atoms with Crippen molar-refractivity contribution in [1.29, 1.82) is 0 Å². The highest BCUT2D eigenvalue weighted by molar-refractivity contribution is 5.84. The molecule has 1 saturated heterocycles. The number of carboxylic acid groups (broad SMARTS) is 1. The second-order valence-electron chi connectivity index (χ2n) is 5.98. The van der Waals surface area contributed by atoms with Crippen LogP contribution >= 0.6 is 0 Å². The van der Waals surface area contributed by atoms with E-state index in [2.05, 4.69) is 0 Å². The molecule has 0 spiro atoms. The minimum atomic E-state index is -0.875. The first-order valence-electron chi connectivity index (χ1n) is 7.50. The van der Waals surface area contributed by atoms with Crippen molar-refractivity contribution in [2.24, 2.45) is 11.7 Å². The number of nitrogens with zero attached hydrogens (tertiary/aromatic N) is 2. The van der Waals surface area contributed by atoms with Gasteiger partial charge in [-0.3, -0.25) is 9.59 Å². The average molecular weight is 297 g/mol. The topological polar surface area (TPSA) is 104 Å². The minimum Gasteiger partial charge on any atom is -0.481 e. The molecule has 118 valence electrons. The molecule has 2 fully saturated rings. The zero-order valence-electron chi connectivity index (χ0n) is 12.3. The monoisotopic (exact) mass is 297 g/mol. The Balaban J connectivity index is 2.10. The minimum absolute atomic E-state index is 0.0427. The highest BCUT2D eigenvalue weighted by Crippen LogP contribution is 2.29. The molecule has 2 atom stereocenters. The summed E-state index contributed by atoms with van der Waals surface area (Å²) < 4.78 is 0. The van der Waals surface area contributed by atoms with E-state index in [0.29, 0.717) is 13.0 Å². The van der Waals surface area contributed by atoms with Crippen LogP contribution in [0.4, 0.5) is 4.79 Å². The Bertz CT molecular complexity index is 434. The van der Waals surface area contributed by atoms with Crippen molar-refractivity contribution in [3.05, 3.63) is 0 Å². The lowest BCUT2D eigenvalue weighted by Crippen LogP contribution is -2.52. The van der Waals surface area contributed by atoms with Crippen LogP contribution in [0.2, 0.25) is 0 Å². The molecule has 2 rings (SSSR count). The van der Waals surface area contributed by atoms with E-state index in [0.717, 1.165) is 25.7 Å². The number of aliphatic carboxylic acids is 1. The van der Waals surface area contributed by atoms with Gasteiger partial charge in [-0.15, -0.1) is 0 Å². The van der Waals surface area contributed by atoms with E-state index in [1.807, 2.05) is 0 Å². The van der Waals surface area contributed by atoms with Gasteiger partial charge in [0.1, 0.15) is 6.54 Å². The summed E-state index contributed by atoms with van der Waals surface area (Å²) >= 11 is 0. The number of urea groups is 1. The molecule has 7 heteroatoms. The van der Waals surface area contributed by atoms with Crippen molar-refractivity contribution >= 4 is 17.9 Å². The summed E-state index contributed by atoms with van der Waals surface area (Å²) in [6, 6.07) is -0.565. The molecule has 1 saturated carbocycles. The molecular formula is C14H23N3O4. The van der Waals surface area contributed by atoms with Gasteiger partial charge in [0.25, 0.3) is 0 Å². The summed E-state index contributed by atoms with van der Waals surface area (Å²) in [6.45, 7) is 2.07. The zero-order valence-corrected chi connectivity index (χ0v) is 12.3. The molecule has 0 aromatic rings. The molecule has 1 aliphatic carbocycles. The second kappa shape index (κ2) is 6.32. The van der Waals surface area contributed by atoms with Crippen LogP contribution in [0.3, 0.4) is 0 Å². The molecule has 0 radical (unpaired) electrons. The molecule has 3 N–H and O–H groups in total. The Labute approximate surface area is 124 Å². The van der Waals surface area contributed by atoms with E-state index in [-0.39, 0.29) is 24.7 Å². The standard InChI is InChI=1S/C14H23N3O4/c1-9-11(13(19)20)6-7-16(9)14(21)17(8-12(15)18)10-4-2-3-5-10/h9-11H,2-8H2,1H3,(H2,15,18)(H,19,20). The smallest absolute Gasteiger partial charge is 0.320 e. The number of nitrogens with two attached hydrogens (primary N) is 1. The third kappa shape index (κ3) is 3.28. The SMILES string of the molecule is CC1C(C(=O)O)CCN1C(=O)N(CC(N)=O)C1CCCC1. The molecule has 3 amide bonds. The van der Waals surface area contributed by atoms with Gasteiger partial charge in [0.2, 0.25) is 5.91 Å². The lowest BCUT2D eigenvalue weighted by atomic mass is 10.0. The largest absolute Gasteiger partial charge is 0.481 e. The van der Waals surface area contributed by atoms with E-state index in [1.165, 1.54) is 4.90 Å². The second-order valence-corrected chi connectivity index (χ2v) is 5.98. The first-order valence-corrected chi connectivity index (χ1v) is 7.50. The summed E-state index contributed by atoms with van der Waals surface area (Å²) in [4.78, 5) is 38.2. The number of hydrogen-bond acceptors (Lipinski definition) is 3. The molecule has 0 bridgehead atoms. The van der Waals surface area contributed by atoms with Gasteiger partial charge < -0.3 is 20.6 Å². The first kappa shape index (κ1) is 15.6. The maximum atomic E-state index is 12.7. The van der Waals surface area contributed by atoms with Crippen LogP contribution in [-0.2, 0) is 9.59 Å². The van der Waals surface area contributed by atoms with Gasteiger partial charge in [-0.2, -0.15) is 0 Å². The predicted octanol–water partition coefficient (Wildman–Crippen LogP) is 0.631. The van der Waals surface area contributed by atoms with E-state index < -0.39 is 17.8 Å². The number of hydrogen-bond donors (Lipinski definition) is 2. The first-order chi connectivity index (χ1) is 9.91. The Kier molecular flexibility index (Phi) is 4.69. The fourth-order valence-electron chi connectivity index (χ4n) is 3.44. The Morgan fingerprint density at radius 3 is 2.33 bits per heavy atom. The van der Waals surface area contributed by atoms with Gasteiger partial charge in [-0.05, 0) is 26.2 Å². The lowest BCUT2D eigenvalue weighted by molar-refractivity contribution is -0.142. The number of amides is 3. The summed E-state index contributed by atoms with van der Waals surface area (Å²) in [5.74, 6) is -1.94. The Morgan fingerprint density at radius 1 is 1.24 bits per heavy atom. The maximum absolute atomic E-state index is 12.7. The summed E-state index contributed by atoms with van der Waals surface area (Å²) in [6.07, 6.45) is 4.30. The zero-order chi connectivity index (χ0) is 15.6. The van der Waals surface area contributed by atoms with E-state index in [4.69, 9.17) is 10.8 Å². The van der Waals surface area contributed by atoms with Crippen LogP contribution in [-0.4, -0.2) is 58.0 Å². The molecule has 7 nitrogen and oxygen atoms in total. The Morgan fingerprint density at radius 2 is 1.86 bits per heavy atom. The summed E-state index contributed by atoms with van der Waals surface area (Å²) in [7, 11) is 0. The summed E-state index contributed by atoms with van der Waals surface area (Å²) in [5.41, 5.74) is 5.26. The van der Waals surface area contributed by atoms with Crippen molar-refractivity contribution < 1.29 is 19.5 Å². The highest BCUT2D eigenvalue weighted by atomic mass is 16.4. The third-order valence-corrected chi connectivity index (χ3v) is 4.66. The van der Waals surface area contributed by atoms with Crippen LogP contribution in [0.1, 0.15) is 39.0 Å². The van der Waals surface area contributed by atoms with Gasteiger partial charge in [0, 0.05) is 18.6 Å². The van der Waals surface area contributed by atoms with Crippen LogP contribution in [0.5, 0.6) is 0 Å². The van der Waals surface area contributed by atoms with Crippen LogP contribution in [0, 0.1) is 5.92 Å². The number of likely N-dealkylation sites (tertiary alicyclic amines) is 1. The normalized spacial score (nSPS) is 26.0. The molecule has 1 aliphatic heterocycles. The number of primary amides is 1. The predicted molar refractivity (Wildman–Crippen MR) is 75.5 cm³/mol. The van der Waals surface area contributed by atoms with E-state index in [1.54, 1.807) is 11.8 Å². The molecule has 21 heavy (non-hydrogen) atoms. The molecule has 0 aromatic heterocycles. The maximum Gasteiger partial charge on any atom is 0.320 e. The van der Waals surface area contributed by atoms with Crippen molar-refractivity contribution in [2.45, 2.75) is 51.1 Å². The van der Waals surface area contributed by atoms with Crippen molar-refractivity contribution in [1.82, 2.24) is 9.80 Å². The summed E-state index contributed by atoms with van der Waals surface area (Å²) in [5, 5.41) is 9.15. The molecule has 2 aliphatic rings. The number of carboxylic acids is 1. The average Bonchev–Trinajstić information content (AvgIpc) is 3.04. The highest BCUT2D eigenvalue weighted by Gasteiger charge is 2.41. The number of carbonyl (C=O) groups is 3. The van der Waals surface area contributed by atoms with E-state index >= 15 is 0 Å². The fourth-order valence-corrected chi connectivity index (χ4v) is 3.44. The van der Waals surface area contributed by atoms with Gasteiger partial charge in [-0.1, -0.05) is 12.8 Å². The van der Waals surface area contributed by atoms with Crippen LogP contribution in [0.15, 0.2) is 0 Å². The van der Waals surface area contributed by atoms with Crippen molar-refractivity contribution in [2.75, 3.05) is 13.1 Å². The van der Waals surface area contributed by atoms with Gasteiger partial charge in [0.15, 0.2) is 0 Å². The van der Waals surface area contributed by atoms with Crippen LogP contribution in [0.25, 0.3) is 0 Å². The number of carbonyl (C=O) groups excluding carboxylic acids is 2.